The predicted octanol–water partition coefficient (Wildman–Crippen LogP) is 3.31. The van der Waals surface area contributed by atoms with Crippen LogP contribution in [-0.4, -0.2) is 56.4 Å². The molecule has 0 aliphatic carbocycles. The molecule has 1 aromatic rings. The predicted molar refractivity (Wildman–Crippen MR) is 107 cm³/mol. The van der Waals surface area contributed by atoms with Crippen LogP contribution in [0.2, 0.25) is 0 Å². The van der Waals surface area contributed by atoms with Crippen molar-refractivity contribution in [3.05, 3.63) is 35.9 Å². The molecule has 5 heteroatoms. The molecule has 0 bridgehead atoms. The van der Waals surface area contributed by atoms with Crippen molar-refractivity contribution in [1.82, 2.24) is 10.2 Å². The summed E-state index contributed by atoms with van der Waals surface area (Å²) in [6, 6.07) is 10.3. The highest BCUT2D eigenvalue weighted by Gasteiger charge is 2.21. The van der Waals surface area contributed by atoms with Gasteiger partial charge in [-0.1, -0.05) is 37.3 Å². The number of benzene rings is 1. The summed E-state index contributed by atoms with van der Waals surface area (Å²) in [7, 11) is 0. The number of rotatable bonds is 9. The summed E-state index contributed by atoms with van der Waals surface area (Å²) in [5.74, 6) is 1.42. The van der Waals surface area contributed by atoms with Gasteiger partial charge in [0.1, 0.15) is 0 Å². The second kappa shape index (κ2) is 11.9. The fourth-order valence-electron chi connectivity index (χ4n) is 3.14. The van der Waals surface area contributed by atoms with Crippen LogP contribution in [-0.2, 0) is 16.1 Å². The number of aliphatic imine (C=N–C) groups is 1. The number of guanidine groups is 1. The monoisotopic (exact) mass is 361 g/mol. The summed E-state index contributed by atoms with van der Waals surface area (Å²) >= 11 is 0. The zero-order valence-electron chi connectivity index (χ0n) is 16.6. The van der Waals surface area contributed by atoms with Crippen LogP contribution in [0, 0.1) is 5.92 Å². The average Bonchev–Trinajstić information content (AvgIpc) is 2.67. The summed E-state index contributed by atoms with van der Waals surface area (Å²) in [5.41, 5.74) is 1.22. The van der Waals surface area contributed by atoms with Crippen LogP contribution >= 0.6 is 0 Å². The first kappa shape index (κ1) is 20.7. The molecule has 1 unspecified atom stereocenters. The second-order valence-electron chi connectivity index (χ2n) is 6.94. The highest BCUT2D eigenvalue weighted by atomic mass is 16.5. The van der Waals surface area contributed by atoms with Crippen molar-refractivity contribution < 1.29 is 9.47 Å². The Kier molecular flexibility index (Phi) is 9.50. The standard InChI is InChI=1S/C21H35N3O2/c1-4-22-21(24-13-11-20(12-14-24)26-5-2)23-15-18(3)16-25-17-19-9-7-6-8-10-19/h6-10,18,20H,4-5,11-17H2,1-3H3,(H,22,23). The van der Waals surface area contributed by atoms with E-state index >= 15 is 0 Å². The molecule has 1 aliphatic rings. The molecule has 1 heterocycles. The molecule has 5 nitrogen and oxygen atoms in total. The fourth-order valence-corrected chi connectivity index (χ4v) is 3.14. The number of piperidine rings is 1. The van der Waals surface area contributed by atoms with Crippen LogP contribution < -0.4 is 5.32 Å². The Morgan fingerprint density at radius 1 is 1.23 bits per heavy atom. The molecule has 1 saturated heterocycles. The lowest BCUT2D eigenvalue weighted by molar-refractivity contribution is 0.0263. The van der Waals surface area contributed by atoms with Gasteiger partial charge in [0.25, 0.3) is 0 Å². The third-order valence-corrected chi connectivity index (χ3v) is 4.55. The van der Waals surface area contributed by atoms with Crippen molar-refractivity contribution in [3.8, 4) is 0 Å². The van der Waals surface area contributed by atoms with Gasteiger partial charge >= 0.3 is 0 Å². The first-order valence-corrected chi connectivity index (χ1v) is 9.99. The van der Waals surface area contributed by atoms with Gasteiger partial charge in [-0.2, -0.15) is 0 Å². The van der Waals surface area contributed by atoms with Crippen LogP contribution in [0.5, 0.6) is 0 Å². The third-order valence-electron chi connectivity index (χ3n) is 4.55. The Morgan fingerprint density at radius 2 is 1.96 bits per heavy atom. The summed E-state index contributed by atoms with van der Waals surface area (Å²) in [4.78, 5) is 7.20. The molecular formula is C21H35N3O2. The highest BCUT2D eigenvalue weighted by Crippen LogP contribution is 2.14. The van der Waals surface area contributed by atoms with Crippen molar-refractivity contribution in [2.75, 3.05) is 39.4 Å². The molecule has 0 radical (unpaired) electrons. The average molecular weight is 362 g/mol. The molecule has 1 fully saturated rings. The van der Waals surface area contributed by atoms with E-state index in [2.05, 4.69) is 43.1 Å². The molecule has 1 atom stereocenters. The summed E-state index contributed by atoms with van der Waals surface area (Å²) in [6.07, 6.45) is 2.56. The topological polar surface area (TPSA) is 46.1 Å². The molecule has 1 N–H and O–H groups in total. The van der Waals surface area contributed by atoms with Crippen molar-refractivity contribution >= 4 is 5.96 Å². The Labute approximate surface area is 158 Å². The number of hydrogen-bond donors (Lipinski definition) is 1. The highest BCUT2D eigenvalue weighted by molar-refractivity contribution is 5.80. The molecule has 146 valence electrons. The molecule has 1 aliphatic heterocycles. The van der Waals surface area contributed by atoms with E-state index in [1.807, 2.05) is 18.2 Å². The smallest absolute Gasteiger partial charge is 0.193 e. The molecule has 26 heavy (non-hydrogen) atoms. The molecule has 0 amide bonds. The Balaban J connectivity index is 1.75. The Morgan fingerprint density at radius 3 is 2.62 bits per heavy atom. The maximum Gasteiger partial charge on any atom is 0.193 e. The quantitative estimate of drug-likeness (QED) is 0.541. The summed E-state index contributed by atoms with van der Waals surface area (Å²) in [6.45, 7) is 12.3. The van der Waals surface area contributed by atoms with Crippen LogP contribution in [0.4, 0.5) is 0 Å². The zero-order chi connectivity index (χ0) is 18.6. The maximum atomic E-state index is 5.84. The summed E-state index contributed by atoms with van der Waals surface area (Å²) in [5, 5.41) is 3.43. The molecule has 0 aromatic heterocycles. The van der Waals surface area contributed by atoms with Gasteiger partial charge < -0.3 is 19.7 Å². The van der Waals surface area contributed by atoms with Gasteiger partial charge in [-0.05, 0) is 38.2 Å². The van der Waals surface area contributed by atoms with Gasteiger partial charge in [0.05, 0.1) is 19.3 Å². The van der Waals surface area contributed by atoms with E-state index < -0.39 is 0 Å². The lowest BCUT2D eigenvalue weighted by atomic mass is 10.1. The van der Waals surface area contributed by atoms with Gasteiger partial charge in [-0.15, -0.1) is 0 Å². The molecule has 1 aromatic carbocycles. The number of nitrogens with zero attached hydrogens (tertiary/aromatic N) is 2. The number of ether oxygens (including phenoxy) is 2. The van der Waals surface area contributed by atoms with Gasteiger partial charge in [-0.3, -0.25) is 4.99 Å². The molecule has 0 saturated carbocycles. The Bertz CT molecular complexity index is 513. The maximum absolute atomic E-state index is 5.84. The van der Waals surface area contributed by atoms with E-state index in [1.54, 1.807) is 0 Å². The van der Waals surface area contributed by atoms with Gasteiger partial charge in [0.2, 0.25) is 0 Å². The van der Waals surface area contributed by atoms with Crippen LogP contribution in [0.25, 0.3) is 0 Å². The van der Waals surface area contributed by atoms with Crippen molar-refractivity contribution in [3.63, 3.8) is 0 Å². The van der Waals surface area contributed by atoms with Gasteiger partial charge in [0, 0.05) is 32.8 Å². The van der Waals surface area contributed by atoms with Crippen LogP contribution in [0.3, 0.4) is 0 Å². The van der Waals surface area contributed by atoms with Gasteiger partial charge in [0.15, 0.2) is 5.96 Å². The number of likely N-dealkylation sites (tertiary alicyclic amines) is 1. The van der Waals surface area contributed by atoms with E-state index in [-0.39, 0.29) is 0 Å². The lowest BCUT2D eigenvalue weighted by Gasteiger charge is -2.34. The third kappa shape index (κ3) is 7.34. The number of hydrogen-bond acceptors (Lipinski definition) is 3. The van der Waals surface area contributed by atoms with E-state index in [4.69, 9.17) is 14.5 Å². The Hall–Kier alpha value is -1.59. The first-order valence-electron chi connectivity index (χ1n) is 9.99. The van der Waals surface area contributed by atoms with E-state index in [0.29, 0.717) is 18.6 Å². The second-order valence-corrected chi connectivity index (χ2v) is 6.94. The summed E-state index contributed by atoms with van der Waals surface area (Å²) < 4.78 is 11.6. The minimum Gasteiger partial charge on any atom is -0.378 e. The van der Waals surface area contributed by atoms with Crippen LogP contribution in [0.1, 0.15) is 39.2 Å². The molecule has 0 spiro atoms. The van der Waals surface area contributed by atoms with Crippen molar-refractivity contribution in [2.24, 2.45) is 10.9 Å². The normalized spacial score (nSPS) is 17.3. The minimum atomic E-state index is 0.397. The lowest BCUT2D eigenvalue weighted by Crippen LogP contribution is -2.47. The number of nitrogens with one attached hydrogen (secondary N) is 1. The van der Waals surface area contributed by atoms with Crippen LogP contribution in [0.15, 0.2) is 35.3 Å². The van der Waals surface area contributed by atoms with E-state index in [0.717, 1.165) is 58.2 Å². The zero-order valence-corrected chi connectivity index (χ0v) is 16.6. The van der Waals surface area contributed by atoms with E-state index in [1.165, 1.54) is 5.56 Å². The van der Waals surface area contributed by atoms with Crippen molar-refractivity contribution in [2.45, 2.75) is 46.3 Å². The SMILES string of the molecule is CCNC(=NCC(C)COCc1ccccc1)N1CCC(OCC)CC1. The first-order chi connectivity index (χ1) is 12.7. The largest absolute Gasteiger partial charge is 0.378 e. The molecule has 2 rings (SSSR count). The molecular weight excluding hydrogens is 326 g/mol. The van der Waals surface area contributed by atoms with E-state index in [9.17, 15) is 0 Å². The minimum absolute atomic E-state index is 0.397. The van der Waals surface area contributed by atoms with Crippen molar-refractivity contribution in [1.29, 1.82) is 0 Å². The fraction of sp³-hybridized carbons (Fsp3) is 0.667. The van der Waals surface area contributed by atoms with Gasteiger partial charge in [-0.25, -0.2) is 0 Å².